The van der Waals surface area contributed by atoms with Gasteiger partial charge in [0, 0.05) is 20.1 Å². The van der Waals surface area contributed by atoms with Crippen molar-refractivity contribution in [2.75, 3.05) is 13.1 Å². The minimum absolute atomic E-state index is 0.543. The minimum atomic E-state index is 0.543. The van der Waals surface area contributed by atoms with Crippen LogP contribution in [-0.2, 0) is 13.6 Å². The van der Waals surface area contributed by atoms with E-state index in [9.17, 15) is 0 Å². The molecule has 0 aliphatic rings. The van der Waals surface area contributed by atoms with Crippen LogP contribution < -0.4 is 10.6 Å². The molecule has 132 valence electrons. The summed E-state index contributed by atoms with van der Waals surface area (Å²) in [7, 11) is 1.97. The number of unbranched alkanes of at least 4 members (excludes halogenated alkanes) is 3. The van der Waals surface area contributed by atoms with Crippen LogP contribution in [0.2, 0.25) is 0 Å². The molecule has 6 nitrogen and oxygen atoms in total. The first-order valence-corrected chi connectivity index (χ1v) is 8.91. The van der Waals surface area contributed by atoms with Gasteiger partial charge in [-0.1, -0.05) is 39.5 Å². The number of aromatic nitrogens is 3. The summed E-state index contributed by atoms with van der Waals surface area (Å²) in [5.74, 6) is 3.48. The molecule has 1 rings (SSSR count). The van der Waals surface area contributed by atoms with Crippen LogP contribution in [0.1, 0.15) is 64.5 Å². The third-order valence-electron chi connectivity index (χ3n) is 3.91. The Kier molecular flexibility index (Phi) is 9.33. The Morgan fingerprint density at radius 1 is 1.13 bits per heavy atom. The van der Waals surface area contributed by atoms with Gasteiger partial charge in [0.05, 0.1) is 0 Å². The molecule has 0 saturated heterocycles. The molecule has 0 amide bonds. The second kappa shape index (κ2) is 11.0. The van der Waals surface area contributed by atoms with Crippen molar-refractivity contribution >= 4 is 5.96 Å². The van der Waals surface area contributed by atoms with Crippen LogP contribution in [0.25, 0.3) is 0 Å². The lowest BCUT2D eigenvalue weighted by atomic mass is 10.0. The fourth-order valence-corrected chi connectivity index (χ4v) is 2.32. The molecule has 0 radical (unpaired) electrons. The Bertz CT molecular complexity index is 464. The molecule has 0 atom stereocenters. The summed E-state index contributed by atoms with van der Waals surface area (Å²) in [5, 5.41) is 14.9. The van der Waals surface area contributed by atoms with E-state index >= 15 is 0 Å². The fourth-order valence-electron chi connectivity index (χ4n) is 2.32. The highest BCUT2D eigenvalue weighted by Crippen LogP contribution is 2.08. The summed E-state index contributed by atoms with van der Waals surface area (Å²) >= 11 is 0. The monoisotopic (exact) mass is 322 g/mol. The molecule has 1 aromatic heterocycles. The normalized spacial score (nSPS) is 12.0. The Hall–Kier alpha value is -1.59. The van der Waals surface area contributed by atoms with Gasteiger partial charge in [-0.15, -0.1) is 10.2 Å². The summed E-state index contributed by atoms with van der Waals surface area (Å²) in [5.41, 5.74) is 0. The first-order chi connectivity index (χ1) is 11.0. The van der Waals surface area contributed by atoms with Crippen LogP contribution in [0.3, 0.4) is 0 Å². The predicted octanol–water partition coefficient (Wildman–Crippen LogP) is 2.79. The highest BCUT2D eigenvalue weighted by atomic mass is 15.3. The molecule has 23 heavy (non-hydrogen) atoms. The molecule has 1 heterocycles. The number of nitrogens with zero attached hydrogens (tertiary/aromatic N) is 4. The molecule has 0 spiro atoms. The molecule has 6 heteroatoms. The summed E-state index contributed by atoms with van der Waals surface area (Å²) < 4.78 is 1.97. The van der Waals surface area contributed by atoms with E-state index in [1.807, 2.05) is 18.5 Å². The van der Waals surface area contributed by atoms with Crippen molar-refractivity contribution in [3.63, 3.8) is 0 Å². The molecular weight excluding hydrogens is 288 g/mol. The van der Waals surface area contributed by atoms with E-state index in [0.717, 1.165) is 36.6 Å². The Balaban J connectivity index is 2.28. The van der Waals surface area contributed by atoms with Gasteiger partial charge < -0.3 is 15.2 Å². The minimum Gasteiger partial charge on any atom is -0.357 e. The molecule has 0 aliphatic carbocycles. The molecule has 0 aliphatic heterocycles. The van der Waals surface area contributed by atoms with Gasteiger partial charge in [-0.05, 0) is 26.2 Å². The van der Waals surface area contributed by atoms with E-state index in [1.165, 1.54) is 32.1 Å². The first kappa shape index (κ1) is 19.5. The number of rotatable bonds is 10. The molecule has 0 fully saturated rings. The van der Waals surface area contributed by atoms with Gasteiger partial charge in [0.2, 0.25) is 0 Å². The van der Waals surface area contributed by atoms with E-state index in [1.54, 1.807) is 0 Å². The number of hydrogen-bond donors (Lipinski definition) is 2. The SMILES string of the molecule is CCNC(=NCc1nnc(C)n1C)NCCCCCCC(C)C. The number of aryl methyl sites for hydroxylation is 1. The lowest BCUT2D eigenvalue weighted by Crippen LogP contribution is -2.37. The second-order valence-electron chi connectivity index (χ2n) is 6.44. The maximum absolute atomic E-state index is 4.59. The predicted molar refractivity (Wildman–Crippen MR) is 96.5 cm³/mol. The van der Waals surface area contributed by atoms with E-state index in [-0.39, 0.29) is 0 Å². The average Bonchev–Trinajstić information content (AvgIpc) is 2.83. The van der Waals surface area contributed by atoms with Crippen LogP contribution in [0.4, 0.5) is 0 Å². The van der Waals surface area contributed by atoms with Crippen LogP contribution >= 0.6 is 0 Å². The highest BCUT2D eigenvalue weighted by Gasteiger charge is 2.04. The summed E-state index contributed by atoms with van der Waals surface area (Å²) in [6.07, 6.45) is 6.48. The van der Waals surface area contributed by atoms with Crippen molar-refractivity contribution in [2.45, 2.75) is 66.3 Å². The van der Waals surface area contributed by atoms with E-state index in [4.69, 9.17) is 0 Å². The van der Waals surface area contributed by atoms with Gasteiger partial charge in [0.15, 0.2) is 11.8 Å². The lowest BCUT2D eigenvalue weighted by Gasteiger charge is -2.11. The van der Waals surface area contributed by atoms with E-state index in [0.29, 0.717) is 6.54 Å². The average molecular weight is 323 g/mol. The molecular formula is C17H34N6. The summed E-state index contributed by atoms with van der Waals surface area (Å²) in [4.78, 5) is 4.59. The van der Waals surface area contributed by atoms with Crippen molar-refractivity contribution in [1.29, 1.82) is 0 Å². The topological polar surface area (TPSA) is 67.1 Å². The molecule has 0 saturated carbocycles. The number of hydrogen-bond acceptors (Lipinski definition) is 3. The zero-order chi connectivity index (χ0) is 17.1. The van der Waals surface area contributed by atoms with Crippen molar-refractivity contribution in [2.24, 2.45) is 18.0 Å². The van der Waals surface area contributed by atoms with Gasteiger partial charge in [-0.2, -0.15) is 0 Å². The Labute approximate surface area is 141 Å². The smallest absolute Gasteiger partial charge is 0.191 e. The molecule has 0 aromatic carbocycles. The molecule has 1 aromatic rings. The standard InChI is InChI=1S/C17H34N6/c1-6-18-17(19-12-10-8-7-9-11-14(2)3)20-13-16-22-21-15(4)23(16)5/h14H,6-13H2,1-5H3,(H2,18,19,20). The highest BCUT2D eigenvalue weighted by molar-refractivity contribution is 5.79. The fraction of sp³-hybridized carbons (Fsp3) is 0.824. The van der Waals surface area contributed by atoms with Gasteiger partial charge >= 0.3 is 0 Å². The van der Waals surface area contributed by atoms with E-state index < -0.39 is 0 Å². The molecule has 0 bridgehead atoms. The van der Waals surface area contributed by atoms with E-state index in [2.05, 4.69) is 46.6 Å². The van der Waals surface area contributed by atoms with Crippen LogP contribution in [0.5, 0.6) is 0 Å². The van der Waals surface area contributed by atoms with Crippen molar-refractivity contribution in [3.05, 3.63) is 11.6 Å². The first-order valence-electron chi connectivity index (χ1n) is 8.91. The largest absolute Gasteiger partial charge is 0.357 e. The Morgan fingerprint density at radius 3 is 2.48 bits per heavy atom. The summed E-state index contributed by atoms with van der Waals surface area (Å²) in [6, 6.07) is 0. The van der Waals surface area contributed by atoms with Crippen LogP contribution in [0.15, 0.2) is 4.99 Å². The lowest BCUT2D eigenvalue weighted by molar-refractivity contribution is 0.518. The third-order valence-corrected chi connectivity index (χ3v) is 3.91. The number of aliphatic imine (C=N–C) groups is 1. The van der Waals surface area contributed by atoms with Crippen molar-refractivity contribution in [1.82, 2.24) is 25.4 Å². The van der Waals surface area contributed by atoms with Gasteiger partial charge in [0.25, 0.3) is 0 Å². The molecule has 0 unspecified atom stereocenters. The third kappa shape index (κ3) is 8.00. The zero-order valence-corrected chi connectivity index (χ0v) is 15.5. The number of nitrogens with one attached hydrogen (secondary N) is 2. The summed E-state index contributed by atoms with van der Waals surface area (Å²) in [6.45, 7) is 11.0. The second-order valence-corrected chi connectivity index (χ2v) is 6.44. The zero-order valence-electron chi connectivity index (χ0n) is 15.5. The van der Waals surface area contributed by atoms with Gasteiger partial charge in [-0.25, -0.2) is 4.99 Å². The quantitative estimate of drug-likeness (QED) is 0.395. The maximum Gasteiger partial charge on any atom is 0.191 e. The molecule has 2 N–H and O–H groups in total. The van der Waals surface area contributed by atoms with Crippen LogP contribution in [0, 0.1) is 12.8 Å². The van der Waals surface area contributed by atoms with Crippen molar-refractivity contribution in [3.8, 4) is 0 Å². The van der Waals surface area contributed by atoms with Gasteiger partial charge in [0.1, 0.15) is 12.4 Å². The number of guanidine groups is 1. The Morgan fingerprint density at radius 2 is 1.87 bits per heavy atom. The maximum atomic E-state index is 4.59. The van der Waals surface area contributed by atoms with Gasteiger partial charge in [-0.3, -0.25) is 0 Å². The van der Waals surface area contributed by atoms with Crippen molar-refractivity contribution < 1.29 is 0 Å². The van der Waals surface area contributed by atoms with Crippen LogP contribution in [-0.4, -0.2) is 33.8 Å².